The summed E-state index contributed by atoms with van der Waals surface area (Å²) in [5, 5.41) is 27.3. The van der Waals surface area contributed by atoms with E-state index in [0.717, 1.165) is 0 Å². The van der Waals surface area contributed by atoms with Gasteiger partial charge in [0.1, 0.15) is 12.2 Å². The standard InChI is InChI=1S/C7H14O5/c1-11-6-2-4(9)7(10)5(3-8)12-6/h4-10H,2-3H2,1H3/t4-,5?,6?,7+/m1/s1. The Balaban J connectivity index is 2.52. The van der Waals surface area contributed by atoms with Crippen LogP contribution in [0, 0.1) is 0 Å². The van der Waals surface area contributed by atoms with Gasteiger partial charge in [-0.2, -0.15) is 0 Å². The average molecular weight is 178 g/mol. The van der Waals surface area contributed by atoms with Crippen LogP contribution in [0.4, 0.5) is 0 Å². The Labute approximate surface area is 70.5 Å². The fourth-order valence-electron chi connectivity index (χ4n) is 1.22. The van der Waals surface area contributed by atoms with E-state index in [2.05, 4.69) is 0 Å². The smallest absolute Gasteiger partial charge is 0.160 e. The first-order valence-corrected chi connectivity index (χ1v) is 3.84. The first-order valence-electron chi connectivity index (χ1n) is 3.84. The Morgan fingerprint density at radius 1 is 1.50 bits per heavy atom. The molecule has 0 saturated carbocycles. The lowest BCUT2D eigenvalue weighted by atomic mass is 10.0. The number of ether oxygens (including phenoxy) is 2. The maximum Gasteiger partial charge on any atom is 0.160 e. The molecule has 1 rings (SSSR count). The molecule has 72 valence electrons. The quantitative estimate of drug-likeness (QED) is 0.477. The lowest BCUT2D eigenvalue weighted by molar-refractivity contribution is -0.248. The predicted molar refractivity (Wildman–Crippen MR) is 39.4 cm³/mol. The molecule has 3 N–H and O–H groups in total. The molecule has 5 nitrogen and oxygen atoms in total. The summed E-state index contributed by atoms with van der Waals surface area (Å²) in [6.45, 7) is -0.321. The van der Waals surface area contributed by atoms with E-state index in [-0.39, 0.29) is 13.0 Å². The Hall–Kier alpha value is -0.200. The lowest BCUT2D eigenvalue weighted by Gasteiger charge is -2.35. The van der Waals surface area contributed by atoms with Crippen LogP contribution >= 0.6 is 0 Å². The molecule has 1 aliphatic rings. The van der Waals surface area contributed by atoms with Gasteiger partial charge in [0.15, 0.2) is 6.29 Å². The molecule has 12 heavy (non-hydrogen) atoms. The van der Waals surface area contributed by atoms with Gasteiger partial charge in [-0.05, 0) is 0 Å². The highest BCUT2D eigenvalue weighted by molar-refractivity contribution is 4.81. The zero-order valence-electron chi connectivity index (χ0n) is 6.88. The zero-order chi connectivity index (χ0) is 9.14. The molecule has 0 amide bonds. The minimum Gasteiger partial charge on any atom is -0.394 e. The summed E-state index contributed by atoms with van der Waals surface area (Å²) in [6, 6.07) is 0. The highest BCUT2D eigenvalue weighted by Crippen LogP contribution is 2.20. The van der Waals surface area contributed by atoms with E-state index in [1.54, 1.807) is 0 Å². The number of aliphatic hydroxyl groups excluding tert-OH is 3. The maximum atomic E-state index is 9.26. The van der Waals surface area contributed by atoms with Crippen LogP contribution in [0.3, 0.4) is 0 Å². The number of rotatable bonds is 2. The molecule has 0 aromatic heterocycles. The van der Waals surface area contributed by atoms with Crippen molar-refractivity contribution in [3.8, 4) is 0 Å². The normalized spacial score (nSPS) is 43.0. The van der Waals surface area contributed by atoms with Crippen LogP contribution in [0.25, 0.3) is 0 Å². The monoisotopic (exact) mass is 178 g/mol. The third-order valence-electron chi connectivity index (χ3n) is 1.98. The van der Waals surface area contributed by atoms with E-state index < -0.39 is 24.6 Å². The van der Waals surface area contributed by atoms with E-state index >= 15 is 0 Å². The predicted octanol–water partition coefficient (Wildman–Crippen LogP) is -1.54. The van der Waals surface area contributed by atoms with E-state index in [0.29, 0.717) is 0 Å². The number of methoxy groups -OCH3 is 1. The van der Waals surface area contributed by atoms with Gasteiger partial charge < -0.3 is 24.8 Å². The highest BCUT2D eigenvalue weighted by Gasteiger charge is 2.36. The van der Waals surface area contributed by atoms with Crippen molar-refractivity contribution in [1.82, 2.24) is 0 Å². The molecule has 1 heterocycles. The van der Waals surface area contributed by atoms with Crippen LogP contribution in [0.2, 0.25) is 0 Å². The Morgan fingerprint density at radius 2 is 2.17 bits per heavy atom. The molecular formula is C7H14O5. The molecule has 1 fully saturated rings. The van der Waals surface area contributed by atoms with E-state index in [9.17, 15) is 10.2 Å². The van der Waals surface area contributed by atoms with Crippen molar-refractivity contribution in [2.45, 2.75) is 31.0 Å². The largest absolute Gasteiger partial charge is 0.394 e. The second-order valence-corrected chi connectivity index (χ2v) is 2.82. The first-order chi connectivity index (χ1) is 5.69. The molecule has 0 spiro atoms. The molecule has 1 aliphatic heterocycles. The van der Waals surface area contributed by atoms with Gasteiger partial charge in [-0.1, -0.05) is 0 Å². The van der Waals surface area contributed by atoms with Crippen LogP contribution in [0.5, 0.6) is 0 Å². The van der Waals surface area contributed by atoms with Gasteiger partial charge in [-0.3, -0.25) is 0 Å². The zero-order valence-corrected chi connectivity index (χ0v) is 6.88. The Morgan fingerprint density at radius 3 is 2.67 bits per heavy atom. The van der Waals surface area contributed by atoms with Gasteiger partial charge in [0.25, 0.3) is 0 Å². The van der Waals surface area contributed by atoms with Crippen LogP contribution in [0.1, 0.15) is 6.42 Å². The Bertz CT molecular complexity index is 140. The van der Waals surface area contributed by atoms with Crippen LogP contribution in [-0.4, -0.2) is 53.6 Å². The van der Waals surface area contributed by atoms with Crippen LogP contribution < -0.4 is 0 Å². The SMILES string of the molecule is COC1C[C@@H](O)[C@H](O)C(CO)O1. The second-order valence-electron chi connectivity index (χ2n) is 2.82. The number of hydrogen-bond acceptors (Lipinski definition) is 5. The summed E-state index contributed by atoms with van der Waals surface area (Å²) in [4.78, 5) is 0. The van der Waals surface area contributed by atoms with E-state index in [1.807, 2.05) is 0 Å². The topological polar surface area (TPSA) is 79.2 Å². The van der Waals surface area contributed by atoms with Crippen molar-refractivity contribution in [3.63, 3.8) is 0 Å². The Kier molecular flexibility index (Phi) is 3.42. The minimum atomic E-state index is -1.03. The molecule has 1 saturated heterocycles. The summed E-state index contributed by atoms with van der Waals surface area (Å²) >= 11 is 0. The summed E-state index contributed by atoms with van der Waals surface area (Å²) in [5.74, 6) is 0. The number of hydrogen-bond donors (Lipinski definition) is 3. The third kappa shape index (κ3) is 1.94. The molecule has 0 bridgehead atoms. The lowest BCUT2D eigenvalue weighted by Crippen LogP contribution is -2.50. The minimum absolute atomic E-state index is 0.230. The molecule has 0 radical (unpaired) electrons. The second kappa shape index (κ2) is 4.15. The molecule has 0 aliphatic carbocycles. The fourth-order valence-corrected chi connectivity index (χ4v) is 1.22. The van der Waals surface area contributed by atoms with Crippen LogP contribution in [-0.2, 0) is 9.47 Å². The van der Waals surface area contributed by atoms with E-state index in [4.69, 9.17) is 14.6 Å². The highest BCUT2D eigenvalue weighted by atomic mass is 16.7. The van der Waals surface area contributed by atoms with Crippen molar-refractivity contribution >= 4 is 0 Å². The fraction of sp³-hybridized carbons (Fsp3) is 1.00. The summed E-state index contributed by atoms with van der Waals surface area (Å²) in [5.41, 5.74) is 0. The molecule has 5 heteroatoms. The third-order valence-corrected chi connectivity index (χ3v) is 1.98. The van der Waals surface area contributed by atoms with E-state index in [1.165, 1.54) is 7.11 Å². The maximum absolute atomic E-state index is 9.26. The molecule has 2 unspecified atom stereocenters. The molecule has 4 atom stereocenters. The van der Waals surface area contributed by atoms with Gasteiger partial charge in [0.2, 0.25) is 0 Å². The molecule has 0 aromatic carbocycles. The average Bonchev–Trinajstić information content (AvgIpc) is 2.09. The summed E-state index contributed by atoms with van der Waals surface area (Å²) in [7, 11) is 1.45. The van der Waals surface area contributed by atoms with Crippen molar-refractivity contribution in [3.05, 3.63) is 0 Å². The number of aliphatic hydroxyl groups is 3. The summed E-state index contributed by atoms with van der Waals surface area (Å²) in [6.07, 6.45) is -2.98. The van der Waals surface area contributed by atoms with Gasteiger partial charge in [0.05, 0.1) is 12.7 Å². The molecule has 0 aromatic rings. The molecular weight excluding hydrogens is 164 g/mol. The van der Waals surface area contributed by atoms with Gasteiger partial charge in [-0.15, -0.1) is 0 Å². The van der Waals surface area contributed by atoms with Crippen molar-refractivity contribution in [2.75, 3.05) is 13.7 Å². The van der Waals surface area contributed by atoms with Crippen molar-refractivity contribution < 1.29 is 24.8 Å². The van der Waals surface area contributed by atoms with Gasteiger partial charge in [-0.25, -0.2) is 0 Å². The van der Waals surface area contributed by atoms with Gasteiger partial charge in [0, 0.05) is 13.5 Å². The van der Waals surface area contributed by atoms with Crippen molar-refractivity contribution in [2.24, 2.45) is 0 Å². The summed E-state index contributed by atoms with van der Waals surface area (Å²) < 4.78 is 9.92. The van der Waals surface area contributed by atoms with Gasteiger partial charge >= 0.3 is 0 Å². The van der Waals surface area contributed by atoms with Crippen molar-refractivity contribution in [1.29, 1.82) is 0 Å². The van der Waals surface area contributed by atoms with Crippen LogP contribution in [0.15, 0.2) is 0 Å². The first kappa shape index (κ1) is 9.88.